The first-order valence-electron chi connectivity index (χ1n) is 5.75. The van der Waals surface area contributed by atoms with E-state index in [2.05, 4.69) is 29.2 Å². The number of imidazole rings is 1. The maximum absolute atomic E-state index is 5.37. The van der Waals surface area contributed by atoms with E-state index in [0.29, 0.717) is 11.3 Å². The van der Waals surface area contributed by atoms with E-state index < -0.39 is 0 Å². The molecule has 2 heterocycles. The highest BCUT2D eigenvalue weighted by atomic mass is 32.1. The molecule has 0 spiro atoms. The van der Waals surface area contributed by atoms with E-state index in [4.69, 9.17) is 16.7 Å². The average molecular weight is 259 g/mol. The third-order valence-electron chi connectivity index (χ3n) is 3.02. The van der Waals surface area contributed by atoms with Crippen molar-refractivity contribution in [3.05, 3.63) is 46.1 Å². The van der Waals surface area contributed by atoms with Crippen LogP contribution in [0.3, 0.4) is 0 Å². The lowest BCUT2D eigenvalue weighted by Gasteiger charge is -2.01. The van der Waals surface area contributed by atoms with Gasteiger partial charge in [0.25, 0.3) is 0 Å². The van der Waals surface area contributed by atoms with Crippen LogP contribution < -0.4 is 0 Å². The molecule has 92 valence electrons. The second-order valence-electron chi connectivity index (χ2n) is 4.41. The van der Waals surface area contributed by atoms with Gasteiger partial charge in [0.1, 0.15) is 11.5 Å². The van der Waals surface area contributed by atoms with Gasteiger partial charge in [-0.15, -0.1) is 0 Å². The zero-order chi connectivity index (χ0) is 12.7. The maximum Gasteiger partial charge on any atom is 0.178 e. The molecule has 0 aliphatic rings. The predicted octanol–water partition coefficient (Wildman–Crippen LogP) is 3.35. The highest BCUT2D eigenvalue weighted by Gasteiger charge is 2.08. The lowest BCUT2D eigenvalue weighted by atomic mass is 10.2. The number of benzene rings is 1. The molecule has 3 rings (SSSR count). The Morgan fingerprint density at radius 3 is 2.94 bits per heavy atom. The average Bonchev–Trinajstić information content (AvgIpc) is 2.87. The highest BCUT2D eigenvalue weighted by Crippen LogP contribution is 2.19. The van der Waals surface area contributed by atoms with Crippen molar-refractivity contribution in [3.63, 3.8) is 0 Å². The molecule has 0 atom stereocenters. The minimum atomic E-state index is 0.625. The van der Waals surface area contributed by atoms with Gasteiger partial charge in [-0.25, -0.2) is 0 Å². The minimum absolute atomic E-state index is 0.625. The molecule has 18 heavy (non-hydrogen) atoms. The topological polar surface area (TPSA) is 46.8 Å². The number of nitrogens with one attached hydrogen (secondary N) is 1. The fraction of sp³-hybridized carbons (Fsp3) is 0.231. The van der Waals surface area contributed by atoms with E-state index in [1.54, 1.807) is 0 Å². The largest absolute Gasteiger partial charge is 0.361 e. The fourth-order valence-electron chi connectivity index (χ4n) is 2.14. The number of fused-ring (bicyclic) bond motifs is 1. The van der Waals surface area contributed by atoms with E-state index in [1.807, 2.05) is 23.6 Å². The van der Waals surface area contributed by atoms with Crippen LogP contribution in [0.4, 0.5) is 0 Å². The van der Waals surface area contributed by atoms with Gasteiger partial charge in [0.15, 0.2) is 4.77 Å². The summed E-state index contributed by atoms with van der Waals surface area (Å²) < 4.78 is 7.83. The molecule has 1 aromatic carbocycles. The number of aryl methyl sites for hydroxylation is 2. The summed E-state index contributed by atoms with van der Waals surface area (Å²) in [7, 11) is 0. The van der Waals surface area contributed by atoms with Crippen LogP contribution >= 0.6 is 12.2 Å². The molecule has 4 nitrogen and oxygen atoms in total. The SMILES string of the molecule is Cc1cc(Cn2c(=S)[nH]c3c(C)cccc32)no1. The molecule has 0 fully saturated rings. The van der Waals surface area contributed by atoms with E-state index in [0.717, 1.165) is 22.5 Å². The molecular formula is C13H13N3OS. The van der Waals surface area contributed by atoms with Gasteiger partial charge in [-0.1, -0.05) is 17.3 Å². The van der Waals surface area contributed by atoms with Gasteiger partial charge in [-0.3, -0.25) is 0 Å². The highest BCUT2D eigenvalue weighted by molar-refractivity contribution is 7.71. The van der Waals surface area contributed by atoms with Crippen LogP contribution in [0.2, 0.25) is 0 Å². The molecule has 0 bridgehead atoms. The Labute approximate surface area is 109 Å². The Morgan fingerprint density at radius 2 is 2.22 bits per heavy atom. The molecule has 0 aliphatic carbocycles. The first kappa shape index (κ1) is 11.2. The number of nitrogens with zero attached hydrogens (tertiary/aromatic N) is 2. The van der Waals surface area contributed by atoms with Crippen molar-refractivity contribution < 1.29 is 4.52 Å². The predicted molar refractivity (Wildman–Crippen MR) is 72.2 cm³/mol. The summed E-state index contributed by atoms with van der Waals surface area (Å²) >= 11 is 5.37. The summed E-state index contributed by atoms with van der Waals surface area (Å²) in [4.78, 5) is 3.24. The molecule has 0 unspecified atom stereocenters. The van der Waals surface area contributed by atoms with E-state index in [-0.39, 0.29) is 0 Å². The van der Waals surface area contributed by atoms with E-state index in [1.165, 1.54) is 5.56 Å². The zero-order valence-electron chi connectivity index (χ0n) is 10.2. The Bertz CT molecular complexity index is 766. The minimum Gasteiger partial charge on any atom is -0.361 e. The molecule has 2 aromatic heterocycles. The van der Waals surface area contributed by atoms with Crippen LogP contribution in [0.5, 0.6) is 0 Å². The monoisotopic (exact) mass is 259 g/mol. The van der Waals surface area contributed by atoms with Crippen molar-refractivity contribution in [2.75, 3.05) is 0 Å². The number of H-pyrrole nitrogens is 1. The second kappa shape index (κ2) is 4.10. The molecule has 3 aromatic rings. The van der Waals surface area contributed by atoms with Crippen LogP contribution in [-0.4, -0.2) is 14.7 Å². The summed E-state index contributed by atoms with van der Waals surface area (Å²) in [5, 5.41) is 4.00. The first-order chi connectivity index (χ1) is 8.65. The first-order valence-corrected chi connectivity index (χ1v) is 6.16. The normalized spacial score (nSPS) is 11.2. The molecule has 0 aliphatic heterocycles. The molecule has 0 saturated heterocycles. The maximum atomic E-state index is 5.37. The Kier molecular flexibility index (Phi) is 2.56. The van der Waals surface area contributed by atoms with Gasteiger partial charge < -0.3 is 14.1 Å². The molecule has 0 radical (unpaired) electrons. The number of hydrogen-bond donors (Lipinski definition) is 1. The van der Waals surface area contributed by atoms with Crippen LogP contribution in [-0.2, 0) is 6.54 Å². The summed E-state index contributed by atoms with van der Waals surface area (Å²) in [5.41, 5.74) is 4.25. The third kappa shape index (κ3) is 1.76. The van der Waals surface area contributed by atoms with Crippen molar-refractivity contribution in [1.82, 2.24) is 14.7 Å². The van der Waals surface area contributed by atoms with Gasteiger partial charge in [0.05, 0.1) is 17.6 Å². The molecule has 0 amide bonds. The molecule has 1 N–H and O–H groups in total. The van der Waals surface area contributed by atoms with Crippen molar-refractivity contribution >= 4 is 23.3 Å². The van der Waals surface area contributed by atoms with Crippen LogP contribution in [0.15, 0.2) is 28.8 Å². The number of aromatic amines is 1. The van der Waals surface area contributed by atoms with Crippen molar-refractivity contribution in [2.24, 2.45) is 0 Å². The number of aromatic nitrogens is 3. The number of hydrogen-bond acceptors (Lipinski definition) is 3. The fourth-order valence-corrected chi connectivity index (χ4v) is 2.40. The zero-order valence-corrected chi connectivity index (χ0v) is 11.0. The summed E-state index contributed by atoms with van der Waals surface area (Å²) in [5.74, 6) is 0.813. The second-order valence-corrected chi connectivity index (χ2v) is 4.80. The molecular weight excluding hydrogens is 246 g/mol. The van der Waals surface area contributed by atoms with Crippen LogP contribution in [0.1, 0.15) is 17.0 Å². The van der Waals surface area contributed by atoms with Crippen LogP contribution in [0.25, 0.3) is 11.0 Å². The van der Waals surface area contributed by atoms with E-state index >= 15 is 0 Å². The Morgan fingerprint density at radius 1 is 1.39 bits per heavy atom. The Balaban J connectivity index is 2.14. The number of para-hydroxylation sites is 1. The van der Waals surface area contributed by atoms with E-state index in [9.17, 15) is 0 Å². The van der Waals surface area contributed by atoms with Crippen molar-refractivity contribution in [3.8, 4) is 0 Å². The van der Waals surface area contributed by atoms with Gasteiger partial charge in [-0.2, -0.15) is 0 Å². The summed E-state index contributed by atoms with van der Waals surface area (Å²) in [6.07, 6.45) is 0. The van der Waals surface area contributed by atoms with Crippen molar-refractivity contribution in [2.45, 2.75) is 20.4 Å². The van der Waals surface area contributed by atoms with Crippen LogP contribution in [0, 0.1) is 18.6 Å². The number of rotatable bonds is 2. The smallest absolute Gasteiger partial charge is 0.178 e. The van der Waals surface area contributed by atoms with Crippen molar-refractivity contribution in [1.29, 1.82) is 0 Å². The standard InChI is InChI=1S/C13H13N3OS/c1-8-4-3-5-11-12(8)14-13(18)16(11)7-10-6-9(2)17-15-10/h3-6H,7H2,1-2H3,(H,14,18). The lowest BCUT2D eigenvalue weighted by Crippen LogP contribution is -1.99. The quantitative estimate of drug-likeness (QED) is 0.718. The lowest BCUT2D eigenvalue weighted by molar-refractivity contribution is 0.389. The molecule has 0 saturated carbocycles. The van der Waals surface area contributed by atoms with Gasteiger partial charge >= 0.3 is 0 Å². The van der Waals surface area contributed by atoms with Gasteiger partial charge in [0.2, 0.25) is 0 Å². The van der Waals surface area contributed by atoms with Gasteiger partial charge in [-0.05, 0) is 37.7 Å². The molecule has 5 heteroatoms. The summed E-state index contributed by atoms with van der Waals surface area (Å²) in [6.45, 7) is 4.58. The summed E-state index contributed by atoms with van der Waals surface area (Å²) in [6, 6.07) is 8.08. The third-order valence-corrected chi connectivity index (χ3v) is 3.34. The Hall–Kier alpha value is -1.88. The van der Waals surface area contributed by atoms with Gasteiger partial charge in [0, 0.05) is 6.07 Å².